The van der Waals surface area contributed by atoms with Crippen LogP contribution in [-0.2, 0) is 24.0 Å². The molecule has 8 aliphatic rings. The van der Waals surface area contributed by atoms with Crippen molar-refractivity contribution >= 4 is 29.5 Å². The second-order valence-electron chi connectivity index (χ2n) is 18.0. The quantitative estimate of drug-likeness (QED) is 0.298. The van der Waals surface area contributed by atoms with Gasteiger partial charge in [0.05, 0.1) is 17.9 Å². The van der Waals surface area contributed by atoms with Gasteiger partial charge in [-0.05, 0) is 97.7 Å². The molecule has 260 valence electrons. The van der Waals surface area contributed by atoms with E-state index in [1.54, 1.807) is 0 Å². The second-order valence-corrected chi connectivity index (χ2v) is 18.0. The van der Waals surface area contributed by atoms with Gasteiger partial charge < -0.3 is 26.0 Å². The van der Waals surface area contributed by atoms with Gasteiger partial charge in [-0.3, -0.25) is 24.0 Å². The third kappa shape index (κ3) is 4.04. The summed E-state index contributed by atoms with van der Waals surface area (Å²) in [5.74, 6) is -4.35. The number of aliphatic hydroxyl groups excluding tert-OH is 1. The molecule has 0 bridgehead atoms. The van der Waals surface area contributed by atoms with Crippen LogP contribution in [0.1, 0.15) is 91.9 Å². The number of carboxylic acids is 2. The van der Waals surface area contributed by atoms with E-state index in [0.29, 0.717) is 51.4 Å². The molecule has 0 aromatic heterocycles. The molecule has 48 heavy (non-hydrogen) atoms. The average Bonchev–Trinajstić information content (AvgIpc) is 3.50. The average molecular weight is 663 g/mol. The number of amides is 2. The van der Waals surface area contributed by atoms with Crippen molar-refractivity contribution in [2.45, 2.75) is 98.0 Å². The number of fused-ring (bicyclic) bond motifs is 10. The maximum atomic E-state index is 14.2. The summed E-state index contributed by atoms with van der Waals surface area (Å²) in [4.78, 5) is 65.9. The number of carbonyl (C=O) groups excluding carboxylic acids is 3. The Kier molecular flexibility index (Phi) is 6.89. The molecule has 0 spiro atoms. The predicted molar refractivity (Wildman–Crippen MR) is 172 cm³/mol. The predicted octanol–water partition coefficient (Wildman–Crippen LogP) is 4.28. The van der Waals surface area contributed by atoms with Gasteiger partial charge >= 0.3 is 11.9 Å². The second kappa shape index (κ2) is 10.3. The van der Waals surface area contributed by atoms with Crippen LogP contribution < -0.4 is 10.6 Å². The van der Waals surface area contributed by atoms with Crippen LogP contribution in [0.5, 0.6) is 0 Å². The zero-order chi connectivity index (χ0) is 34.3. The Bertz CT molecular complexity index is 1590. The number of aliphatic carboxylic acids is 2. The van der Waals surface area contributed by atoms with Crippen LogP contribution in [0.15, 0.2) is 23.5 Å². The fourth-order valence-corrected chi connectivity index (χ4v) is 14.2. The highest BCUT2D eigenvalue weighted by Crippen LogP contribution is 2.70. The van der Waals surface area contributed by atoms with Gasteiger partial charge in [-0.25, -0.2) is 0 Å². The van der Waals surface area contributed by atoms with Crippen molar-refractivity contribution in [3.63, 3.8) is 0 Å². The maximum Gasteiger partial charge on any atom is 0.307 e. The van der Waals surface area contributed by atoms with Gasteiger partial charge in [0.1, 0.15) is 5.78 Å². The first kappa shape index (κ1) is 32.2. The first-order chi connectivity index (χ1) is 22.5. The number of nitrogens with one attached hydrogen (secondary N) is 2. The number of ketones is 1. The van der Waals surface area contributed by atoms with E-state index in [1.807, 2.05) is 13.8 Å². The lowest BCUT2D eigenvalue weighted by Gasteiger charge is -2.60. The van der Waals surface area contributed by atoms with Crippen molar-refractivity contribution in [3.8, 4) is 0 Å². The Hall–Kier alpha value is -3.01. The van der Waals surface area contributed by atoms with E-state index in [1.165, 1.54) is 0 Å². The molecule has 2 saturated heterocycles. The van der Waals surface area contributed by atoms with Crippen molar-refractivity contribution in [2.24, 2.45) is 80.8 Å². The van der Waals surface area contributed by atoms with Crippen LogP contribution in [0.2, 0.25) is 0 Å². The first-order valence-corrected chi connectivity index (χ1v) is 18.2. The fourth-order valence-electron chi connectivity index (χ4n) is 14.2. The summed E-state index contributed by atoms with van der Waals surface area (Å²) in [5.41, 5.74) is -0.750. The summed E-state index contributed by atoms with van der Waals surface area (Å²) < 4.78 is 0. The third-order valence-corrected chi connectivity index (χ3v) is 16.1. The highest BCUT2D eigenvalue weighted by molar-refractivity contribution is 5.88. The molecular weight excluding hydrogens is 612 g/mol. The van der Waals surface area contributed by atoms with Crippen molar-refractivity contribution in [3.05, 3.63) is 23.5 Å². The number of carboxylic acid groups (broad SMARTS) is 2. The molecular formula is C38H50N2O8. The van der Waals surface area contributed by atoms with Gasteiger partial charge in [0.15, 0.2) is 0 Å². The summed E-state index contributed by atoms with van der Waals surface area (Å²) >= 11 is 0. The van der Waals surface area contributed by atoms with Crippen molar-refractivity contribution in [1.82, 2.24) is 10.6 Å². The molecule has 0 aromatic carbocycles. The Morgan fingerprint density at radius 3 is 2.15 bits per heavy atom. The molecule has 15 atom stereocenters. The summed E-state index contributed by atoms with van der Waals surface area (Å²) in [7, 11) is 0. The Labute approximate surface area is 281 Å². The number of aliphatic hydroxyl groups is 1. The Balaban J connectivity index is 1.17. The van der Waals surface area contributed by atoms with Crippen LogP contribution in [-0.4, -0.2) is 51.0 Å². The molecule has 0 radical (unpaired) electrons. The number of Topliss-reactive ketones (excluding diaryl/α,β-unsaturated/α-hetero) is 1. The third-order valence-electron chi connectivity index (χ3n) is 16.1. The molecule has 2 heterocycles. The lowest BCUT2D eigenvalue weighted by Crippen LogP contribution is -2.61. The van der Waals surface area contributed by atoms with Gasteiger partial charge in [0, 0.05) is 46.9 Å². The van der Waals surface area contributed by atoms with Crippen molar-refractivity contribution in [2.75, 3.05) is 0 Å². The fraction of sp³-hybridized carbons (Fsp3) is 0.763. The van der Waals surface area contributed by atoms with E-state index in [0.717, 1.165) is 17.8 Å². The van der Waals surface area contributed by atoms with E-state index in [9.17, 15) is 39.3 Å². The maximum absolute atomic E-state index is 14.2. The molecule has 10 heteroatoms. The molecule has 5 N–H and O–H groups in total. The summed E-state index contributed by atoms with van der Waals surface area (Å²) in [6.07, 6.45) is 8.37. The van der Waals surface area contributed by atoms with Crippen molar-refractivity contribution < 1.29 is 39.3 Å². The summed E-state index contributed by atoms with van der Waals surface area (Å²) in [6.45, 7) is 8.22. The van der Waals surface area contributed by atoms with Gasteiger partial charge in [-0.1, -0.05) is 39.8 Å². The van der Waals surface area contributed by atoms with Crippen LogP contribution in [0, 0.1) is 80.8 Å². The Morgan fingerprint density at radius 1 is 0.792 bits per heavy atom. The largest absolute Gasteiger partial charge is 0.481 e. The highest BCUT2D eigenvalue weighted by atomic mass is 16.4. The van der Waals surface area contributed by atoms with Crippen molar-refractivity contribution in [1.29, 1.82) is 0 Å². The van der Waals surface area contributed by atoms with E-state index < -0.39 is 57.5 Å². The smallest absolute Gasteiger partial charge is 0.307 e. The number of rotatable bonds is 3. The number of piperidine rings is 2. The lowest BCUT2D eigenvalue weighted by molar-refractivity contribution is -0.162. The number of allylic oxidation sites excluding steroid dienone is 4. The van der Waals surface area contributed by atoms with Gasteiger partial charge in [-0.15, -0.1) is 0 Å². The molecule has 10 nitrogen and oxygen atoms in total. The normalized spacial score (nSPS) is 52.2. The summed E-state index contributed by atoms with van der Waals surface area (Å²) in [6, 6.07) is 0. The minimum Gasteiger partial charge on any atom is -0.481 e. The van der Waals surface area contributed by atoms with Crippen LogP contribution in [0.25, 0.3) is 0 Å². The van der Waals surface area contributed by atoms with E-state index >= 15 is 0 Å². The van der Waals surface area contributed by atoms with E-state index in [4.69, 9.17) is 0 Å². The minimum absolute atomic E-state index is 0.0435. The summed E-state index contributed by atoms with van der Waals surface area (Å²) in [5, 5.41) is 38.9. The lowest BCUT2D eigenvalue weighted by atomic mass is 9.45. The topological polar surface area (TPSA) is 170 Å². The number of carbonyl (C=O) groups is 5. The molecule has 4 saturated carbocycles. The minimum atomic E-state index is -0.920. The molecule has 0 aromatic rings. The molecule has 2 amide bonds. The Morgan fingerprint density at radius 2 is 1.46 bits per heavy atom. The monoisotopic (exact) mass is 662 g/mol. The van der Waals surface area contributed by atoms with Crippen LogP contribution in [0.3, 0.4) is 0 Å². The molecule has 2 aliphatic heterocycles. The zero-order valence-corrected chi connectivity index (χ0v) is 28.5. The van der Waals surface area contributed by atoms with E-state index in [-0.39, 0.29) is 65.4 Å². The van der Waals surface area contributed by atoms with E-state index in [2.05, 4.69) is 36.6 Å². The van der Waals surface area contributed by atoms with Crippen LogP contribution in [0.4, 0.5) is 0 Å². The molecule has 8 rings (SSSR count). The molecule has 6 fully saturated rings. The number of hydrogen-bond acceptors (Lipinski definition) is 6. The molecule has 6 aliphatic carbocycles. The van der Waals surface area contributed by atoms with Gasteiger partial charge in [-0.2, -0.15) is 0 Å². The van der Waals surface area contributed by atoms with Gasteiger partial charge in [0.2, 0.25) is 11.8 Å². The van der Waals surface area contributed by atoms with Crippen LogP contribution >= 0.6 is 0 Å². The molecule has 9 unspecified atom stereocenters. The first-order valence-electron chi connectivity index (χ1n) is 18.2. The zero-order valence-electron chi connectivity index (χ0n) is 28.5. The standard InChI is InChI=1S/C38H50N2O8/c1-35-12-11-28(43)39-26(35)10-6-18-29-19(13-23(34(47)48)37(29,3)16-25(42)31(18)35)20-14-38(4)27(40-32(20)44)9-5-17-21-7-8-22(33(45)46)36(21,2)15-24(41)30(17)38/h9-10,17-24,29-31,41H,5-8,11-16H2,1-4H3,(H,39,43)(H,40,44)(H,45,46)(H,47,48)/t17?,18?,19?,20-,21?,22?,23?,24+,29?,30?,31?,35+,36+,37-,38+/m1/s1. The SMILES string of the molecule is C[C@]12C[C@H](O)C3C(CC=C4NC(=O)[C@@H](C5CC(C(=O)O)[C@@]6(C)CC(=O)C7C(CC=C8NC(=O)CC[C@@]87C)C56)C[C@@]43C)C1CCC2C(=O)O. The highest BCUT2D eigenvalue weighted by Gasteiger charge is 2.69. The van der Waals surface area contributed by atoms with Gasteiger partial charge in [0.25, 0.3) is 0 Å². The number of hydrogen-bond donors (Lipinski definition) is 5.